The molecular formula is C29H44O3. The summed E-state index contributed by atoms with van der Waals surface area (Å²) in [5.41, 5.74) is 1.50. The number of carbonyl (C=O) groups is 1. The third-order valence-corrected chi connectivity index (χ3v) is 12.8. The summed E-state index contributed by atoms with van der Waals surface area (Å²) >= 11 is 0. The maximum atomic E-state index is 11.4. The fourth-order valence-electron chi connectivity index (χ4n) is 11.4. The van der Waals surface area contributed by atoms with Crippen molar-refractivity contribution in [3.63, 3.8) is 0 Å². The van der Waals surface area contributed by atoms with E-state index >= 15 is 0 Å². The van der Waals surface area contributed by atoms with Crippen LogP contribution in [0.3, 0.4) is 0 Å². The van der Waals surface area contributed by atoms with E-state index in [1.54, 1.807) is 13.0 Å². The Morgan fingerprint density at radius 1 is 0.938 bits per heavy atom. The first-order chi connectivity index (χ1) is 15.1. The van der Waals surface area contributed by atoms with E-state index < -0.39 is 0 Å². The minimum absolute atomic E-state index is 0.0603. The quantitative estimate of drug-likeness (QED) is 0.540. The summed E-state index contributed by atoms with van der Waals surface area (Å²) in [4.78, 5) is 11.4. The first-order valence-corrected chi connectivity index (χ1v) is 13.6. The van der Waals surface area contributed by atoms with Gasteiger partial charge in [-0.3, -0.25) is 4.79 Å². The molecule has 6 aliphatic rings. The molecule has 0 bridgehead atoms. The van der Waals surface area contributed by atoms with Gasteiger partial charge in [-0.15, -0.1) is 0 Å². The van der Waals surface area contributed by atoms with Gasteiger partial charge in [0.1, 0.15) is 0 Å². The van der Waals surface area contributed by atoms with Crippen molar-refractivity contribution in [1.29, 1.82) is 0 Å². The van der Waals surface area contributed by atoms with Crippen molar-refractivity contribution < 1.29 is 14.6 Å². The summed E-state index contributed by atoms with van der Waals surface area (Å²) in [5, 5.41) is 10.9. The number of fused-ring (bicyclic) bond motifs is 4. The van der Waals surface area contributed by atoms with Crippen molar-refractivity contribution in [2.75, 3.05) is 0 Å². The molecule has 2 spiro atoms. The molecule has 1 aliphatic heterocycles. The average molecular weight is 441 g/mol. The Bertz CT molecular complexity index is 845. The number of allylic oxidation sites excluding steroid dienone is 1. The Hall–Kier alpha value is -0.670. The topological polar surface area (TPSA) is 46.5 Å². The van der Waals surface area contributed by atoms with Gasteiger partial charge < -0.3 is 9.84 Å². The molecule has 5 aliphatic carbocycles. The van der Waals surface area contributed by atoms with Crippen molar-refractivity contribution in [3.05, 3.63) is 12.2 Å². The highest BCUT2D eigenvalue weighted by Gasteiger charge is 2.84. The zero-order valence-corrected chi connectivity index (χ0v) is 20.9. The molecule has 5 saturated carbocycles. The number of carbonyl (C=O) groups excluding carboxylic acids is 1. The molecule has 0 radical (unpaired) electrons. The highest BCUT2D eigenvalue weighted by Crippen LogP contribution is 2.89. The average Bonchev–Trinajstić information content (AvgIpc) is 3.13. The van der Waals surface area contributed by atoms with Gasteiger partial charge in [-0.2, -0.15) is 0 Å². The van der Waals surface area contributed by atoms with Crippen LogP contribution < -0.4 is 0 Å². The molecule has 0 amide bonds. The predicted octanol–water partition coefficient (Wildman–Crippen LogP) is 5.95. The lowest BCUT2D eigenvalue weighted by atomic mass is 9.46. The maximum absolute atomic E-state index is 11.4. The van der Waals surface area contributed by atoms with E-state index in [4.69, 9.17) is 4.74 Å². The maximum Gasteiger partial charge on any atom is 0.152 e. The molecule has 11 atom stereocenters. The molecule has 3 heteroatoms. The van der Waals surface area contributed by atoms with Gasteiger partial charge in [0.15, 0.2) is 5.78 Å². The summed E-state index contributed by atoms with van der Waals surface area (Å²) in [5.74, 6) is 3.96. The minimum Gasteiger partial charge on any atom is -0.393 e. The molecule has 0 aromatic carbocycles. The predicted molar refractivity (Wildman–Crippen MR) is 126 cm³/mol. The lowest BCUT2D eigenvalue weighted by Gasteiger charge is -2.59. The molecule has 1 heterocycles. The second-order valence-corrected chi connectivity index (χ2v) is 13.6. The molecule has 178 valence electrons. The van der Waals surface area contributed by atoms with Gasteiger partial charge in [0.05, 0.1) is 18.3 Å². The van der Waals surface area contributed by atoms with Crippen molar-refractivity contribution in [1.82, 2.24) is 0 Å². The molecule has 6 rings (SSSR count). The van der Waals surface area contributed by atoms with Crippen molar-refractivity contribution in [2.45, 2.75) is 111 Å². The van der Waals surface area contributed by atoms with E-state index in [0.717, 1.165) is 30.6 Å². The lowest BCUT2D eigenvalue weighted by molar-refractivity contribution is -0.134. The highest BCUT2D eigenvalue weighted by molar-refractivity contribution is 5.87. The monoisotopic (exact) mass is 440 g/mol. The third-order valence-electron chi connectivity index (χ3n) is 12.8. The summed E-state index contributed by atoms with van der Waals surface area (Å²) < 4.78 is 6.65. The smallest absolute Gasteiger partial charge is 0.152 e. The molecular weight excluding hydrogens is 396 g/mol. The Morgan fingerprint density at radius 3 is 2.44 bits per heavy atom. The van der Waals surface area contributed by atoms with Gasteiger partial charge in [-0.25, -0.2) is 0 Å². The van der Waals surface area contributed by atoms with Gasteiger partial charge >= 0.3 is 0 Å². The Morgan fingerprint density at radius 2 is 1.69 bits per heavy atom. The second kappa shape index (κ2) is 6.72. The molecule has 6 fully saturated rings. The van der Waals surface area contributed by atoms with Crippen LogP contribution in [0.25, 0.3) is 0 Å². The largest absolute Gasteiger partial charge is 0.393 e. The molecule has 5 unspecified atom stereocenters. The summed E-state index contributed by atoms with van der Waals surface area (Å²) in [7, 11) is 0. The third kappa shape index (κ3) is 2.43. The number of aliphatic hydroxyl groups excluding tert-OH is 1. The zero-order chi connectivity index (χ0) is 22.7. The molecule has 3 nitrogen and oxygen atoms in total. The van der Waals surface area contributed by atoms with Crippen LogP contribution in [-0.2, 0) is 9.53 Å². The summed E-state index contributed by atoms with van der Waals surface area (Å²) in [6.07, 6.45) is 15.4. The SMILES string of the molecule is CC(=O)/C=C/[C@H]1CCC2C(CC3[C@@H]4CCC5C(C)(C)[C@@H](O)CCC56[C@@H](C)[C@@]46CC[C@]23C)O1. The van der Waals surface area contributed by atoms with Crippen LogP contribution in [0.15, 0.2) is 12.2 Å². The van der Waals surface area contributed by atoms with E-state index in [9.17, 15) is 9.90 Å². The van der Waals surface area contributed by atoms with Gasteiger partial charge in [-0.05, 0) is 122 Å². The van der Waals surface area contributed by atoms with E-state index in [2.05, 4.69) is 27.7 Å². The Balaban J connectivity index is 1.29. The van der Waals surface area contributed by atoms with Crippen LogP contribution in [0, 0.1) is 51.2 Å². The fourth-order valence-corrected chi connectivity index (χ4v) is 11.4. The molecule has 0 aromatic rings. The highest BCUT2D eigenvalue weighted by atomic mass is 16.5. The molecule has 1 saturated heterocycles. The van der Waals surface area contributed by atoms with Crippen LogP contribution >= 0.6 is 0 Å². The number of hydrogen-bond donors (Lipinski definition) is 1. The van der Waals surface area contributed by atoms with Gasteiger partial charge in [0, 0.05) is 0 Å². The summed E-state index contributed by atoms with van der Waals surface area (Å²) in [6.45, 7) is 11.6. The fraction of sp³-hybridized carbons (Fsp3) is 0.897. The van der Waals surface area contributed by atoms with Gasteiger partial charge in [0.25, 0.3) is 0 Å². The van der Waals surface area contributed by atoms with Gasteiger partial charge in [0.2, 0.25) is 0 Å². The standard InChI is InChI=1S/C29H44O3/c1-17(30)6-7-19-8-9-21-23(32-19)16-22-20-10-11-24-26(3,4)25(31)12-13-29(24)18(2)28(20,29)15-14-27(21,22)5/h6-7,18-25,31H,8-16H2,1-5H3/b7-6+/t18-,19-,20-,21?,22?,23?,24?,25-,27+,28-,29?/m0/s1. The van der Waals surface area contributed by atoms with E-state index in [1.807, 2.05) is 6.08 Å². The normalized spacial score (nSPS) is 57.7. The zero-order valence-electron chi connectivity index (χ0n) is 20.9. The van der Waals surface area contributed by atoms with E-state index in [1.165, 1.54) is 44.9 Å². The van der Waals surface area contributed by atoms with Crippen molar-refractivity contribution in [2.24, 2.45) is 51.2 Å². The van der Waals surface area contributed by atoms with Crippen LogP contribution in [0.5, 0.6) is 0 Å². The Kier molecular flexibility index (Phi) is 4.58. The van der Waals surface area contributed by atoms with Gasteiger partial charge in [-0.1, -0.05) is 33.8 Å². The number of ketones is 1. The molecule has 32 heavy (non-hydrogen) atoms. The lowest BCUT2D eigenvalue weighted by Crippen LogP contribution is -2.54. The first kappa shape index (κ1) is 21.8. The van der Waals surface area contributed by atoms with Crippen LogP contribution in [-0.4, -0.2) is 29.2 Å². The number of ether oxygens (including phenoxy) is 1. The van der Waals surface area contributed by atoms with Crippen molar-refractivity contribution in [3.8, 4) is 0 Å². The first-order valence-electron chi connectivity index (χ1n) is 13.6. The molecule has 0 aromatic heterocycles. The summed E-state index contributed by atoms with van der Waals surface area (Å²) in [6, 6.07) is 0. The van der Waals surface area contributed by atoms with E-state index in [-0.39, 0.29) is 23.4 Å². The van der Waals surface area contributed by atoms with Crippen molar-refractivity contribution >= 4 is 5.78 Å². The molecule has 1 N–H and O–H groups in total. The number of rotatable bonds is 2. The van der Waals surface area contributed by atoms with Crippen LogP contribution in [0.4, 0.5) is 0 Å². The second-order valence-electron chi connectivity index (χ2n) is 13.6. The van der Waals surface area contributed by atoms with Crippen LogP contribution in [0.2, 0.25) is 0 Å². The Labute approximate surface area is 194 Å². The number of aliphatic hydroxyl groups is 1. The van der Waals surface area contributed by atoms with Crippen LogP contribution in [0.1, 0.15) is 92.4 Å². The van der Waals surface area contributed by atoms with E-state index in [0.29, 0.717) is 34.2 Å². The number of hydrogen-bond acceptors (Lipinski definition) is 3. The minimum atomic E-state index is -0.129.